The number of aliphatic carboxylic acids is 1. The van der Waals surface area contributed by atoms with Gasteiger partial charge in [0, 0.05) is 44.2 Å². The number of carbonyl (C=O) groups excluding carboxylic acids is 2. The second-order valence-electron chi connectivity index (χ2n) is 6.64. The number of ether oxygens (including phenoxy) is 1. The highest BCUT2D eigenvalue weighted by Crippen LogP contribution is 2.25. The molecule has 9 nitrogen and oxygen atoms in total. The summed E-state index contributed by atoms with van der Waals surface area (Å²) in [5.74, 6) is -0.837. The Balaban J connectivity index is 1.66. The van der Waals surface area contributed by atoms with E-state index in [0.29, 0.717) is 36.6 Å². The van der Waals surface area contributed by atoms with Crippen molar-refractivity contribution < 1.29 is 24.2 Å². The molecule has 9 heteroatoms. The van der Waals surface area contributed by atoms with Gasteiger partial charge < -0.3 is 25.4 Å². The average Bonchev–Trinajstić information content (AvgIpc) is 2.73. The van der Waals surface area contributed by atoms with Gasteiger partial charge in [0.2, 0.25) is 0 Å². The molecule has 1 atom stereocenters. The summed E-state index contributed by atoms with van der Waals surface area (Å²) in [5, 5.41) is 14.4. The van der Waals surface area contributed by atoms with E-state index in [1.54, 1.807) is 30.3 Å². The zero-order valence-corrected chi connectivity index (χ0v) is 15.9. The third-order valence-corrected chi connectivity index (χ3v) is 4.57. The van der Waals surface area contributed by atoms with Gasteiger partial charge in [-0.25, -0.2) is 4.79 Å². The van der Waals surface area contributed by atoms with Gasteiger partial charge in [-0.2, -0.15) is 0 Å². The van der Waals surface area contributed by atoms with Crippen LogP contribution in [0.5, 0.6) is 11.5 Å². The molecule has 0 spiro atoms. The molecule has 0 saturated carbocycles. The number of carboxylic acid groups (broad SMARTS) is 1. The zero-order chi connectivity index (χ0) is 20.8. The van der Waals surface area contributed by atoms with E-state index >= 15 is 0 Å². The molecule has 1 aromatic heterocycles. The minimum atomic E-state index is -0.883. The van der Waals surface area contributed by atoms with E-state index in [2.05, 4.69) is 15.6 Å². The van der Waals surface area contributed by atoms with Gasteiger partial charge in [0.25, 0.3) is 5.91 Å². The lowest BCUT2D eigenvalue weighted by molar-refractivity contribution is -0.143. The number of urea groups is 1. The predicted octanol–water partition coefficient (Wildman–Crippen LogP) is 2.56. The van der Waals surface area contributed by atoms with Gasteiger partial charge in [-0.3, -0.25) is 14.6 Å². The van der Waals surface area contributed by atoms with Crippen LogP contribution in [0.1, 0.15) is 23.3 Å². The van der Waals surface area contributed by atoms with Crippen LogP contribution in [0.25, 0.3) is 0 Å². The summed E-state index contributed by atoms with van der Waals surface area (Å²) in [6.07, 6.45) is 2.70. The first-order chi connectivity index (χ1) is 14.0. The normalized spacial score (nSPS) is 16.0. The van der Waals surface area contributed by atoms with Crippen molar-refractivity contribution in [3.8, 4) is 11.5 Å². The number of hydrogen-bond acceptors (Lipinski definition) is 5. The fourth-order valence-electron chi connectivity index (χ4n) is 3.07. The lowest BCUT2D eigenvalue weighted by Crippen LogP contribution is -2.44. The van der Waals surface area contributed by atoms with Crippen molar-refractivity contribution >= 4 is 23.6 Å². The smallest absolute Gasteiger partial charge is 0.321 e. The second kappa shape index (κ2) is 9.05. The van der Waals surface area contributed by atoms with Gasteiger partial charge in [0.05, 0.1) is 5.92 Å². The number of rotatable bonds is 5. The minimum Gasteiger partial charge on any atom is -0.481 e. The highest BCUT2D eigenvalue weighted by atomic mass is 16.5. The number of aromatic nitrogens is 1. The predicted molar refractivity (Wildman–Crippen MR) is 105 cm³/mol. The molecule has 2 aromatic rings. The van der Waals surface area contributed by atoms with E-state index in [9.17, 15) is 14.4 Å². The fourth-order valence-corrected chi connectivity index (χ4v) is 3.07. The van der Waals surface area contributed by atoms with Crippen LogP contribution in [-0.4, -0.2) is 53.0 Å². The first-order valence-corrected chi connectivity index (χ1v) is 9.21. The standard InChI is InChI=1S/C20H22N4O5/c1-21-18(25)17-11-16(7-8-22-17)29-15-6-2-5-14(10-15)23-20(28)24-9-3-4-13(12-24)19(26)27/h2,5-8,10-11,13H,3-4,9,12H2,1H3,(H,21,25)(H,23,28)(H,26,27). The number of pyridine rings is 1. The first-order valence-electron chi connectivity index (χ1n) is 9.21. The molecule has 1 saturated heterocycles. The number of likely N-dealkylation sites (tertiary alicyclic amines) is 1. The van der Waals surface area contributed by atoms with Gasteiger partial charge in [-0.15, -0.1) is 0 Å². The molecule has 3 N–H and O–H groups in total. The monoisotopic (exact) mass is 398 g/mol. The van der Waals surface area contributed by atoms with E-state index in [1.165, 1.54) is 24.2 Å². The Kier molecular flexibility index (Phi) is 6.28. The Hall–Kier alpha value is -3.62. The van der Waals surface area contributed by atoms with Gasteiger partial charge in [0.15, 0.2) is 0 Å². The van der Waals surface area contributed by atoms with Crippen LogP contribution in [0.15, 0.2) is 42.6 Å². The first kappa shape index (κ1) is 20.1. The number of nitrogens with one attached hydrogen (secondary N) is 2. The third-order valence-electron chi connectivity index (χ3n) is 4.57. The van der Waals surface area contributed by atoms with Crippen LogP contribution in [0.3, 0.4) is 0 Å². The number of piperidine rings is 1. The van der Waals surface area contributed by atoms with Gasteiger partial charge in [-0.1, -0.05) is 6.07 Å². The number of nitrogens with zero attached hydrogens (tertiary/aromatic N) is 2. The quantitative estimate of drug-likeness (QED) is 0.712. The number of anilines is 1. The van der Waals surface area contributed by atoms with Crippen LogP contribution in [0, 0.1) is 5.92 Å². The van der Waals surface area contributed by atoms with Crippen molar-refractivity contribution in [2.45, 2.75) is 12.8 Å². The Morgan fingerprint density at radius 3 is 2.76 bits per heavy atom. The molecule has 1 aliphatic rings. The number of amides is 3. The Morgan fingerprint density at radius 2 is 2.00 bits per heavy atom. The molecule has 1 aromatic carbocycles. The minimum absolute atomic E-state index is 0.191. The lowest BCUT2D eigenvalue weighted by Gasteiger charge is -2.30. The molecule has 1 fully saturated rings. The molecule has 3 amide bonds. The van der Waals surface area contributed by atoms with Gasteiger partial charge in [0.1, 0.15) is 17.2 Å². The summed E-state index contributed by atoms with van der Waals surface area (Å²) in [4.78, 5) is 40.8. The molecular formula is C20H22N4O5. The van der Waals surface area contributed by atoms with E-state index in [0.717, 1.165) is 0 Å². The molecule has 1 aliphatic heterocycles. The second-order valence-corrected chi connectivity index (χ2v) is 6.64. The van der Waals surface area contributed by atoms with Gasteiger partial charge >= 0.3 is 12.0 Å². The maximum Gasteiger partial charge on any atom is 0.321 e. The lowest BCUT2D eigenvalue weighted by atomic mass is 9.99. The summed E-state index contributed by atoms with van der Waals surface area (Å²) in [7, 11) is 1.52. The molecule has 0 bridgehead atoms. The maximum absolute atomic E-state index is 12.5. The number of carboxylic acids is 1. The van der Waals surface area contributed by atoms with Crippen LogP contribution in [-0.2, 0) is 4.79 Å². The molecule has 2 heterocycles. The summed E-state index contributed by atoms with van der Waals surface area (Å²) < 4.78 is 5.77. The SMILES string of the molecule is CNC(=O)c1cc(Oc2cccc(NC(=O)N3CCCC(C(=O)O)C3)c2)ccn1. The summed E-state index contributed by atoms with van der Waals surface area (Å²) in [5.41, 5.74) is 0.748. The van der Waals surface area contributed by atoms with Crippen molar-refractivity contribution in [3.05, 3.63) is 48.3 Å². The third kappa shape index (κ3) is 5.22. The average molecular weight is 398 g/mol. The number of hydrogen-bond donors (Lipinski definition) is 3. The van der Waals surface area contributed by atoms with Crippen molar-refractivity contribution in [3.63, 3.8) is 0 Å². The highest BCUT2D eigenvalue weighted by molar-refractivity contribution is 5.92. The van der Waals surface area contributed by atoms with E-state index in [-0.39, 0.29) is 24.2 Å². The van der Waals surface area contributed by atoms with E-state index < -0.39 is 11.9 Å². The molecule has 152 valence electrons. The van der Waals surface area contributed by atoms with Crippen LogP contribution in [0.2, 0.25) is 0 Å². The van der Waals surface area contributed by atoms with Crippen LogP contribution >= 0.6 is 0 Å². The molecule has 29 heavy (non-hydrogen) atoms. The topological polar surface area (TPSA) is 121 Å². The summed E-state index contributed by atoms with van der Waals surface area (Å²) in [6, 6.07) is 9.60. The maximum atomic E-state index is 12.5. The fraction of sp³-hybridized carbons (Fsp3) is 0.300. The highest BCUT2D eigenvalue weighted by Gasteiger charge is 2.28. The van der Waals surface area contributed by atoms with E-state index in [4.69, 9.17) is 9.84 Å². The van der Waals surface area contributed by atoms with Crippen molar-refractivity contribution in [2.75, 3.05) is 25.5 Å². The van der Waals surface area contributed by atoms with Crippen molar-refractivity contribution in [2.24, 2.45) is 5.92 Å². The van der Waals surface area contributed by atoms with Crippen molar-refractivity contribution in [1.82, 2.24) is 15.2 Å². The Morgan fingerprint density at radius 1 is 1.21 bits per heavy atom. The largest absolute Gasteiger partial charge is 0.481 e. The van der Waals surface area contributed by atoms with E-state index in [1.807, 2.05) is 0 Å². The van der Waals surface area contributed by atoms with Gasteiger partial charge in [-0.05, 0) is 31.0 Å². The molecule has 3 rings (SSSR count). The molecule has 0 aliphatic carbocycles. The zero-order valence-electron chi connectivity index (χ0n) is 15.9. The molecule has 0 radical (unpaired) electrons. The summed E-state index contributed by atoms with van der Waals surface area (Å²) in [6.45, 7) is 0.710. The Bertz CT molecular complexity index is 917. The number of carbonyl (C=O) groups is 3. The molecular weight excluding hydrogens is 376 g/mol. The van der Waals surface area contributed by atoms with Crippen LogP contribution in [0.4, 0.5) is 10.5 Å². The van der Waals surface area contributed by atoms with Crippen molar-refractivity contribution in [1.29, 1.82) is 0 Å². The molecule has 1 unspecified atom stereocenters. The number of benzene rings is 1. The summed E-state index contributed by atoms with van der Waals surface area (Å²) >= 11 is 0. The van der Waals surface area contributed by atoms with Crippen LogP contribution < -0.4 is 15.4 Å². The Labute approximate surface area is 167 Å².